The Kier molecular flexibility index (Phi) is 4.86. The third-order valence-corrected chi connectivity index (χ3v) is 4.54. The Labute approximate surface area is 145 Å². The van der Waals surface area contributed by atoms with Crippen LogP contribution in [0.15, 0.2) is 54.6 Å². The lowest BCUT2D eigenvalue weighted by Gasteiger charge is -2.17. The maximum absolute atomic E-state index is 12.5. The molecule has 4 nitrogen and oxygen atoms in total. The Hall–Kier alpha value is -2.33. The van der Waals surface area contributed by atoms with Gasteiger partial charge in [0, 0.05) is 10.9 Å². The fourth-order valence-electron chi connectivity index (χ4n) is 2.98. The molecule has 1 aliphatic carbocycles. The zero-order valence-corrected chi connectivity index (χ0v) is 13.7. The summed E-state index contributed by atoms with van der Waals surface area (Å²) in [6.07, 6.45) is 0.630. The van der Waals surface area contributed by atoms with Crippen molar-refractivity contribution < 1.29 is 14.7 Å². The smallest absolute Gasteiger partial charge is 0.305 e. The maximum Gasteiger partial charge on any atom is 0.305 e. The number of nitrogens with one attached hydrogen (secondary N) is 1. The number of amides is 1. The van der Waals surface area contributed by atoms with Gasteiger partial charge in [-0.15, -0.1) is 0 Å². The Morgan fingerprint density at radius 3 is 2.58 bits per heavy atom. The normalized spacial score (nSPS) is 20.2. The third-order valence-electron chi connectivity index (χ3n) is 4.30. The first kappa shape index (κ1) is 16.5. The van der Waals surface area contributed by atoms with Gasteiger partial charge in [0.25, 0.3) is 0 Å². The van der Waals surface area contributed by atoms with Crippen LogP contribution in [0, 0.1) is 5.92 Å². The zero-order chi connectivity index (χ0) is 17.1. The van der Waals surface area contributed by atoms with E-state index in [0.29, 0.717) is 5.02 Å². The molecule has 0 saturated heterocycles. The summed E-state index contributed by atoms with van der Waals surface area (Å²) in [5.74, 6) is -1.00. The van der Waals surface area contributed by atoms with Gasteiger partial charge in [0.1, 0.15) is 0 Å². The minimum Gasteiger partial charge on any atom is -0.481 e. The summed E-state index contributed by atoms with van der Waals surface area (Å²) in [7, 11) is 0. The molecule has 1 amide bonds. The molecule has 2 aromatic rings. The highest BCUT2D eigenvalue weighted by Crippen LogP contribution is 2.48. The summed E-state index contributed by atoms with van der Waals surface area (Å²) < 4.78 is 0. The molecule has 3 rings (SSSR count). The third kappa shape index (κ3) is 3.95. The number of carboxylic acid groups (broad SMARTS) is 1. The van der Waals surface area contributed by atoms with Gasteiger partial charge in [-0.05, 0) is 35.6 Å². The van der Waals surface area contributed by atoms with E-state index in [2.05, 4.69) is 5.32 Å². The standard InChI is InChI=1S/C19H18ClNO3/c20-14-8-4-7-13(9-14)15-10-16(15)19(24)21-17(11-18(22)23)12-5-2-1-3-6-12/h1-9,15-17H,10-11H2,(H,21,24)(H,22,23). The number of aliphatic carboxylic acids is 1. The van der Waals surface area contributed by atoms with Gasteiger partial charge >= 0.3 is 5.97 Å². The second-order valence-electron chi connectivity index (χ2n) is 6.07. The van der Waals surface area contributed by atoms with Crippen LogP contribution >= 0.6 is 11.6 Å². The number of hydrogen-bond acceptors (Lipinski definition) is 2. The average Bonchev–Trinajstić information content (AvgIpc) is 3.35. The Morgan fingerprint density at radius 1 is 1.17 bits per heavy atom. The summed E-state index contributed by atoms with van der Waals surface area (Å²) in [4.78, 5) is 23.6. The fraction of sp³-hybridized carbons (Fsp3) is 0.263. The van der Waals surface area contributed by atoms with Gasteiger partial charge in [-0.2, -0.15) is 0 Å². The van der Waals surface area contributed by atoms with Gasteiger partial charge in [-0.1, -0.05) is 54.1 Å². The van der Waals surface area contributed by atoms with Gasteiger partial charge in [0.05, 0.1) is 12.5 Å². The molecule has 1 aliphatic rings. The van der Waals surface area contributed by atoms with Crippen LogP contribution < -0.4 is 5.32 Å². The Morgan fingerprint density at radius 2 is 1.92 bits per heavy atom. The van der Waals surface area contributed by atoms with Crippen LogP contribution in [0.1, 0.15) is 35.9 Å². The highest BCUT2D eigenvalue weighted by Gasteiger charge is 2.44. The number of rotatable bonds is 6. The summed E-state index contributed by atoms with van der Waals surface area (Å²) in [5.41, 5.74) is 1.85. The number of halogens is 1. The van der Waals surface area contributed by atoms with Gasteiger partial charge in [0.2, 0.25) is 5.91 Å². The summed E-state index contributed by atoms with van der Waals surface area (Å²) >= 11 is 6.00. The first-order chi connectivity index (χ1) is 11.5. The monoisotopic (exact) mass is 343 g/mol. The summed E-state index contributed by atoms with van der Waals surface area (Å²) in [5, 5.41) is 12.7. The number of hydrogen-bond donors (Lipinski definition) is 2. The molecule has 0 aromatic heterocycles. The molecule has 3 atom stereocenters. The molecule has 1 saturated carbocycles. The molecular weight excluding hydrogens is 326 g/mol. The molecule has 124 valence electrons. The molecule has 0 spiro atoms. The molecule has 24 heavy (non-hydrogen) atoms. The first-order valence-corrected chi connectivity index (χ1v) is 8.25. The first-order valence-electron chi connectivity index (χ1n) is 7.87. The predicted molar refractivity (Wildman–Crippen MR) is 91.9 cm³/mol. The highest BCUT2D eigenvalue weighted by atomic mass is 35.5. The van der Waals surface area contributed by atoms with Crippen molar-refractivity contribution >= 4 is 23.5 Å². The fourth-order valence-corrected chi connectivity index (χ4v) is 3.18. The van der Waals surface area contributed by atoms with Crippen LogP contribution in [0.25, 0.3) is 0 Å². The molecular formula is C19H18ClNO3. The van der Waals surface area contributed by atoms with Crippen LogP contribution in [-0.2, 0) is 9.59 Å². The molecule has 0 radical (unpaired) electrons. The van der Waals surface area contributed by atoms with Crippen molar-refractivity contribution in [3.63, 3.8) is 0 Å². The van der Waals surface area contributed by atoms with Crippen molar-refractivity contribution in [3.05, 3.63) is 70.7 Å². The van der Waals surface area contributed by atoms with Gasteiger partial charge in [-0.25, -0.2) is 0 Å². The number of carboxylic acids is 1. The SMILES string of the molecule is O=C(O)CC(NC(=O)C1CC1c1cccc(Cl)c1)c1ccccc1. The molecule has 1 fully saturated rings. The molecule has 0 bridgehead atoms. The van der Waals surface area contributed by atoms with E-state index in [0.717, 1.165) is 17.5 Å². The lowest BCUT2D eigenvalue weighted by molar-refractivity contribution is -0.137. The van der Waals surface area contributed by atoms with Gasteiger partial charge < -0.3 is 10.4 Å². The van der Waals surface area contributed by atoms with Crippen LogP contribution in [0.4, 0.5) is 0 Å². The molecule has 0 aliphatic heterocycles. The number of carbonyl (C=O) groups is 2. The van der Waals surface area contributed by atoms with E-state index >= 15 is 0 Å². The second-order valence-corrected chi connectivity index (χ2v) is 6.51. The second kappa shape index (κ2) is 7.05. The van der Waals surface area contributed by atoms with Crippen molar-refractivity contribution in [1.29, 1.82) is 0 Å². The van der Waals surface area contributed by atoms with E-state index in [-0.39, 0.29) is 24.2 Å². The van der Waals surface area contributed by atoms with E-state index in [1.807, 2.05) is 48.5 Å². The quantitative estimate of drug-likeness (QED) is 0.838. The van der Waals surface area contributed by atoms with Crippen molar-refractivity contribution in [2.45, 2.75) is 24.8 Å². The van der Waals surface area contributed by atoms with Crippen LogP contribution in [-0.4, -0.2) is 17.0 Å². The number of carbonyl (C=O) groups excluding carboxylic acids is 1. The number of benzene rings is 2. The molecule has 2 aromatic carbocycles. The summed E-state index contributed by atoms with van der Waals surface area (Å²) in [6.45, 7) is 0. The van der Waals surface area contributed by atoms with Crippen molar-refractivity contribution in [2.75, 3.05) is 0 Å². The van der Waals surface area contributed by atoms with E-state index < -0.39 is 12.0 Å². The molecule has 2 N–H and O–H groups in total. The topological polar surface area (TPSA) is 66.4 Å². The lowest BCUT2D eigenvalue weighted by Crippen LogP contribution is -2.31. The van der Waals surface area contributed by atoms with Crippen LogP contribution in [0.2, 0.25) is 5.02 Å². The van der Waals surface area contributed by atoms with E-state index in [1.54, 1.807) is 6.07 Å². The molecule has 5 heteroatoms. The minimum absolute atomic E-state index is 0.102. The van der Waals surface area contributed by atoms with Crippen LogP contribution in [0.3, 0.4) is 0 Å². The van der Waals surface area contributed by atoms with Gasteiger partial charge in [0.15, 0.2) is 0 Å². The van der Waals surface area contributed by atoms with E-state index in [9.17, 15) is 9.59 Å². The van der Waals surface area contributed by atoms with Crippen molar-refractivity contribution in [3.8, 4) is 0 Å². The lowest BCUT2D eigenvalue weighted by atomic mass is 10.0. The summed E-state index contributed by atoms with van der Waals surface area (Å²) in [6, 6.07) is 16.2. The van der Waals surface area contributed by atoms with Crippen molar-refractivity contribution in [2.24, 2.45) is 5.92 Å². The predicted octanol–water partition coefficient (Wildman–Crippen LogP) is 3.78. The molecule has 3 unspecified atom stereocenters. The maximum atomic E-state index is 12.5. The van der Waals surface area contributed by atoms with Crippen molar-refractivity contribution in [1.82, 2.24) is 5.32 Å². The van der Waals surface area contributed by atoms with E-state index in [1.165, 1.54) is 0 Å². The zero-order valence-electron chi connectivity index (χ0n) is 13.0. The Balaban J connectivity index is 1.67. The van der Waals surface area contributed by atoms with Crippen LogP contribution in [0.5, 0.6) is 0 Å². The van der Waals surface area contributed by atoms with E-state index in [4.69, 9.17) is 16.7 Å². The molecule has 0 heterocycles. The minimum atomic E-state index is -0.939. The largest absolute Gasteiger partial charge is 0.481 e. The van der Waals surface area contributed by atoms with Gasteiger partial charge in [-0.3, -0.25) is 9.59 Å². The Bertz CT molecular complexity index is 747. The highest BCUT2D eigenvalue weighted by molar-refractivity contribution is 6.30. The average molecular weight is 344 g/mol.